The minimum Gasteiger partial charge on any atom is -0.465 e. The van der Waals surface area contributed by atoms with Crippen molar-refractivity contribution in [3.8, 4) is 0 Å². The lowest BCUT2D eigenvalue weighted by Gasteiger charge is -2.06. The molecule has 1 unspecified atom stereocenters. The molecular formula is C21H41NO2. The average molecular weight is 340 g/mol. The largest absolute Gasteiger partial charge is 0.465 e. The minimum absolute atomic E-state index is 0.289. The van der Waals surface area contributed by atoms with Crippen LogP contribution in [0.2, 0.25) is 0 Å². The molecule has 3 heteroatoms. The van der Waals surface area contributed by atoms with Gasteiger partial charge in [0.2, 0.25) is 0 Å². The molecule has 0 rings (SSSR count). The number of carbonyl (C=O) groups excluding carboxylic acids is 1. The van der Waals surface area contributed by atoms with Crippen molar-refractivity contribution < 1.29 is 9.53 Å². The Kier molecular flexibility index (Phi) is 17.9. The highest BCUT2D eigenvalue weighted by molar-refractivity contribution is 5.74. The van der Waals surface area contributed by atoms with Crippen molar-refractivity contribution in [1.29, 1.82) is 0 Å². The summed E-state index contributed by atoms with van der Waals surface area (Å²) in [6, 6.07) is -0.501. The third kappa shape index (κ3) is 17.5. The fourth-order valence-corrected chi connectivity index (χ4v) is 2.65. The lowest BCUT2D eigenvalue weighted by molar-refractivity contribution is -0.144. The first kappa shape index (κ1) is 23.2. The number of ether oxygens (including phenoxy) is 1. The molecule has 1 atom stereocenters. The molecule has 0 radical (unpaired) electrons. The molecular weight excluding hydrogens is 298 g/mol. The highest BCUT2D eigenvalue weighted by atomic mass is 16.5. The van der Waals surface area contributed by atoms with E-state index in [-0.39, 0.29) is 5.97 Å². The van der Waals surface area contributed by atoms with E-state index in [9.17, 15) is 4.79 Å². The number of rotatable bonds is 17. The van der Waals surface area contributed by atoms with Crippen molar-refractivity contribution in [3.63, 3.8) is 0 Å². The molecule has 142 valence electrons. The zero-order chi connectivity index (χ0) is 17.9. The van der Waals surface area contributed by atoms with E-state index in [4.69, 9.17) is 10.5 Å². The molecule has 0 fully saturated rings. The molecule has 0 aromatic rings. The smallest absolute Gasteiger partial charge is 0.322 e. The zero-order valence-electron chi connectivity index (χ0n) is 16.2. The second-order valence-electron chi connectivity index (χ2n) is 6.89. The molecule has 0 spiro atoms. The van der Waals surface area contributed by atoms with Gasteiger partial charge in [-0.2, -0.15) is 0 Å². The predicted octanol–water partition coefficient (Wildman–Crippen LogP) is 5.91. The van der Waals surface area contributed by atoms with Gasteiger partial charge in [-0.1, -0.05) is 76.9 Å². The van der Waals surface area contributed by atoms with Crippen molar-refractivity contribution in [2.75, 3.05) is 6.61 Å². The second-order valence-corrected chi connectivity index (χ2v) is 6.89. The topological polar surface area (TPSA) is 52.3 Å². The number of nitrogens with two attached hydrogens (primary N) is 1. The summed E-state index contributed by atoms with van der Waals surface area (Å²) >= 11 is 0. The van der Waals surface area contributed by atoms with Gasteiger partial charge in [-0.25, -0.2) is 0 Å². The monoisotopic (exact) mass is 339 g/mol. The molecule has 0 aromatic heterocycles. The van der Waals surface area contributed by atoms with Crippen molar-refractivity contribution in [2.24, 2.45) is 5.73 Å². The molecule has 0 bridgehead atoms. The van der Waals surface area contributed by atoms with Crippen molar-refractivity contribution in [2.45, 2.75) is 110 Å². The third-order valence-corrected chi connectivity index (χ3v) is 4.27. The van der Waals surface area contributed by atoms with Crippen LogP contribution in [0.3, 0.4) is 0 Å². The van der Waals surface area contributed by atoms with Gasteiger partial charge in [0.25, 0.3) is 0 Å². The van der Waals surface area contributed by atoms with Gasteiger partial charge in [0.15, 0.2) is 0 Å². The van der Waals surface area contributed by atoms with E-state index < -0.39 is 6.04 Å². The lowest BCUT2D eigenvalue weighted by Crippen LogP contribution is -2.28. The number of carbonyl (C=O) groups is 1. The number of hydrogen-bond donors (Lipinski definition) is 1. The van der Waals surface area contributed by atoms with E-state index in [0.29, 0.717) is 6.61 Å². The second kappa shape index (κ2) is 18.5. The van der Waals surface area contributed by atoms with Crippen molar-refractivity contribution >= 4 is 5.97 Å². The minimum atomic E-state index is -0.501. The summed E-state index contributed by atoms with van der Waals surface area (Å²) in [5.74, 6) is -0.289. The summed E-state index contributed by atoms with van der Waals surface area (Å²) in [5, 5.41) is 0. The lowest BCUT2D eigenvalue weighted by atomic mass is 10.1. The first-order chi connectivity index (χ1) is 11.7. The molecule has 0 saturated carbocycles. The Morgan fingerprint density at radius 1 is 0.833 bits per heavy atom. The summed E-state index contributed by atoms with van der Waals surface area (Å²) in [6.45, 7) is 4.44. The van der Waals surface area contributed by atoms with Gasteiger partial charge in [-0.05, 0) is 39.0 Å². The fourth-order valence-electron chi connectivity index (χ4n) is 2.65. The molecule has 0 aliphatic carbocycles. The molecule has 0 saturated heterocycles. The fraction of sp³-hybridized carbons (Fsp3) is 0.857. The van der Waals surface area contributed by atoms with Gasteiger partial charge >= 0.3 is 5.97 Å². The van der Waals surface area contributed by atoms with Gasteiger partial charge in [0.1, 0.15) is 6.04 Å². The van der Waals surface area contributed by atoms with Crippen LogP contribution in [0.4, 0.5) is 0 Å². The maximum absolute atomic E-state index is 11.1. The van der Waals surface area contributed by atoms with Crippen LogP contribution in [0.25, 0.3) is 0 Å². The van der Waals surface area contributed by atoms with E-state index in [2.05, 4.69) is 19.1 Å². The Hall–Kier alpha value is -0.830. The maximum atomic E-state index is 11.1. The molecule has 0 aliphatic heterocycles. The van der Waals surface area contributed by atoms with Crippen LogP contribution in [-0.4, -0.2) is 18.6 Å². The average Bonchev–Trinajstić information content (AvgIpc) is 2.57. The zero-order valence-corrected chi connectivity index (χ0v) is 16.2. The van der Waals surface area contributed by atoms with E-state index in [1.165, 1.54) is 77.0 Å². The molecule has 24 heavy (non-hydrogen) atoms. The maximum Gasteiger partial charge on any atom is 0.322 e. The van der Waals surface area contributed by atoms with Gasteiger partial charge in [-0.15, -0.1) is 0 Å². The Morgan fingerprint density at radius 2 is 1.29 bits per heavy atom. The standard InChI is InChI=1S/C21H41NO2/c1-3-4-5-6-7-8-9-10-11-12-13-14-15-16-17-18-19-24-21(23)20(2)22/h10-11,20H,3-9,12-19,22H2,1-2H3/b11-10-. The van der Waals surface area contributed by atoms with Crippen LogP contribution >= 0.6 is 0 Å². The summed E-state index contributed by atoms with van der Waals surface area (Å²) in [4.78, 5) is 11.1. The quantitative estimate of drug-likeness (QED) is 0.203. The highest BCUT2D eigenvalue weighted by Gasteiger charge is 2.07. The van der Waals surface area contributed by atoms with Crippen molar-refractivity contribution in [3.05, 3.63) is 12.2 Å². The van der Waals surface area contributed by atoms with Crippen LogP contribution in [-0.2, 0) is 9.53 Å². The summed E-state index contributed by atoms with van der Waals surface area (Å²) < 4.78 is 5.05. The van der Waals surface area contributed by atoms with Gasteiger partial charge < -0.3 is 10.5 Å². The van der Waals surface area contributed by atoms with Gasteiger partial charge in [0, 0.05) is 0 Å². The van der Waals surface area contributed by atoms with Gasteiger partial charge in [0.05, 0.1) is 6.61 Å². The first-order valence-corrected chi connectivity index (χ1v) is 10.3. The Balaban J connectivity index is 3.14. The van der Waals surface area contributed by atoms with Crippen LogP contribution in [0, 0.1) is 0 Å². The van der Waals surface area contributed by atoms with E-state index in [1.807, 2.05) is 0 Å². The summed E-state index contributed by atoms with van der Waals surface area (Å²) in [5.41, 5.74) is 5.43. The number of hydrogen-bond acceptors (Lipinski definition) is 3. The Bertz CT molecular complexity index is 300. The number of unbranched alkanes of at least 4 members (excludes halogenated alkanes) is 12. The Labute approximate surface area is 150 Å². The summed E-state index contributed by atoms with van der Waals surface area (Å²) in [7, 11) is 0. The number of allylic oxidation sites excluding steroid dienone is 2. The summed E-state index contributed by atoms with van der Waals surface area (Å²) in [6.07, 6.45) is 22.7. The first-order valence-electron chi connectivity index (χ1n) is 10.3. The van der Waals surface area contributed by atoms with Crippen LogP contribution in [0.15, 0.2) is 12.2 Å². The highest BCUT2D eigenvalue weighted by Crippen LogP contribution is 2.10. The van der Waals surface area contributed by atoms with Crippen LogP contribution in [0.5, 0.6) is 0 Å². The van der Waals surface area contributed by atoms with Gasteiger partial charge in [-0.3, -0.25) is 4.79 Å². The predicted molar refractivity (Wildman–Crippen MR) is 104 cm³/mol. The normalized spacial score (nSPS) is 12.6. The van der Waals surface area contributed by atoms with Crippen LogP contribution in [0.1, 0.15) is 104 Å². The molecule has 0 aromatic carbocycles. The SMILES string of the molecule is CCCCCCCC/C=C\CCCCCCCCOC(=O)C(C)N. The molecule has 3 nitrogen and oxygen atoms in total. The molecule has 0 aliphatic rings. The van der Waals surface area contributed by atoms with Crippen molar-refractivity contribution in [1.82, 2.24) is 0 Å². The van der Waals surface area contributed by atoms with E-state index in [1.54, 1.807) is 6.92 Å². The number of esters is 1. The van der Waals surface area contributed by atoms with E-state index in [0.717, 1.165) is 12.8 Å². The molecule has 0 amide bonds. The molecule has 0 heterocycles. The molecule has 2 N–H and O–H groups in total. The Morgan fingerprint density at radius 3 is 1.79 bits per heavy atom. The van der Waals surface area contributed by atoms with E-state index >= 15 is 0 Å². The third-order valence-electron chi connectivity index (χ3n) is 4.27. The van der Waals surface area contributed by atoms with Crippen LogP contribution < -0.4 is 5.73 Å².